The Kier molecular flexibility index (Phi) is 3.08. The Bertz CT molecular complexity index is 544. The number of rotatable bonds is 4. The molecule has 98 valence electrons. The molecule has 0 unspecified atom stereocenters. The van der Waals surface area contributed by atoms with Crippen molar-refractivity contribution in [1.82, 2.24) is 20.2 Å². The molecule has 0 aliphatic carbocycles. The highest BCUT2D eigenvalue weighted by molar-refractivity contribution is 5.87. The van der Waals surface area contributed by atoms with Crippen molar-refractivity contribution < 1.29 is 5.11 Å². The van der Waals surface area contributed by atoms with E-state index in [9.17, 15) is 5.11 Å². The zero-order valence-corrected chi connectivity index (χ0v) is 10.8. The monoisotopic (exact) mass is 250 g/mol. The van der Waals surface area contributed by atoms with E-state index in [0.717, 1.165) is 5.39 Å². The van der Waals surface area contributed by atoms with Crippen LogP contribution in [0.2, 0.25) is 0 Å². The van der Waals surface area contributed by atoms with Crippen molar-refractivity contribution in [2.24, 2.45) is 0 Å². The number of hydrogen-bond donors (Lipinski definition) is 3. The highest BCUT2D eigenvalue weighted by atomic mass is 16.3. The summed E-state index contributed by atoms with van der Waals surface area (Å²) in [6.45, 7) is 6.68. The van der Waals surface area contributed by atoms with Gasteiger partial charge in [-0.05, 0) is 20.8 Å². The minimum Gasteiger partial charge on any atom is -0.389 e. The molecule has 0 saturated heterocycles. The molecule has 2 rings (SSSR count). The summed E-state index contributed by atoms with van der Waals surface area (Å²) in [6.07, 6.45) is 1.66. The summed E-state index contributed by atoms with van der Waals surface area (Å²) in [7, 11) is 0. The number of anilines is 2. The van der Waals surface area contributed by atoms with Crippen LogP contribution >= 0.6 is 0 Å². The van der Waals surface area contributed by atoms with E-state index in [-0.39, 0.29) is 5.95 Å². The zero-order valence-electron chi connectivity index (χ0n) is 10.8. The maximum Gasteiger partial charge on any atom is 0.224 e. The molecule has 2 aromatic heterocycles. The molecular formula is C11H18N6O. The summed E-state index contributed by atoms with van der Waals surface area (Å²) in [4.78, 5) is 10.3. The number of nitrogens with one attached hydrogen (secondary N) is 1. The quantitative estimate of drug-likeness (QED) is 0.731. The van der Waals surface area contributed by atoms with Gasteiger partial charge >= 0.3 is 0 Å². The van der Waals surface area contributed by atoms with E-state index in [0.29, 0.717) is 24.6 Å². The van der Waals surface area contributed by atoms with Crippen LogP contribution in [0.15, 0.2) is 6.20 Å². The Balaban J connectivity index is 2.47. The second kappa shape index (κ2) is 4.41. The Hall–Kier alpha value is -1.89. The molecule has 0 bridgehead atoms. The first kappa shape index (κ1) is 12.6. The third-order valence-corrected chi connectivity index (χ3v) is 2.57. The summed E-state index contributed by atoms with van der Waals surface area (Å²) < 4.78 is 0. The van der Waals surface area contributed by atoms with Gasteiger partial charge in [0.05, 0.1) is 17.2 Å². The van der Waals surface area contributed by atoms with Gasteiger partial charge in [0.2, 0.25) is 5.95 Å². The number of hydrogen-bond acceptors (Lipinski definition) is 6. The van der Waals surface area contributed by atoms with E-state index in [1.54, 1.807) is 20.0 Å². The lowest BCUT2D eigenvalue weighted by Gasteiger charge is -2.29. The minimum absolute atomic E-state index is 0.191. The molecule has 0 atom stereocenters. The first-order valence-electron chi connectivity index (χ1n) is 5.84. The lowest BCUT2D eigenvalue weighted by Crippen LogP contribution is -2.39. The fourth-order valence-electron chi connectivity index (χ4n) is 1.88. The van der Waals surface area contributed by atoms with Gasteiger partial charge in [0.1, 0.15) is 5.82 Å². The van der Waals surface area contributed by atoms with E-state index in [1.807, 2.05) is 11.8 Å². The van der Waals surface area contributed by atoms with Crippen LogP contribution in [-0.2, 0) is 0 Å². The van der Waals surface area contributed by atoms with Crippen LogP contribution in [0.25, 0.3) is 11.0 Å². The maximum atomic E-state index is 9.93. The lowest BCUT2D eigenvalue weighted by molar-refractivity contribution is 0.0875. The summed E-state index contributed by atoms with van der Waals surface area (Å²) in [5.41, 5.74) is 5.47. The van der Waals surface area contributed by atoms with E-state index in [2.05, 4.69) is 20.2 Å². The number of aliphatic hydroxyl groups is 1. The molecule has 0 fully saturated rings. The third-order valence-electron chi connectivity index (χ3n) is 2.57. The molecule has 18 heavy (non-hydrogen) atoms. The van der Waals surface area contributed by atoms with Gasteiger partial charge in [0.25, 0.3) is 0 Å². The van der Waals surface area contributed by atoms with Crippen LogP contribution < -0.4 is 10.6 Å². The average molecular weight is 250 g/mol. The van der Waals surface area contributed by atoms with Gasteiger partial charge in [0.15, 0.2) is 5.65 Å². The van der Waals surface area contributed by atoms with E-state index >= 15 is 0 Å². The molecule has 2 aromatic rings. The average Bonchev–Trinajstić information content (AvgIpc) is 2.71. The van der Waals surface area contributed by atoms with Crippen LogP contribution in [-0.4, -0.2) is 44.0 Å². The van der Waals surface area contributed by atoms with Gasteiger partial charge in [0, 0.05) is 13.1 Å². The Labute approximate surface area is 105 Å². The maximum absolute atomic E-state index is 9.93. The van der Waals surface area contributed by atoms with Crippen molar-refractivity contribution in [2.75, 3.05) is 23.7 Å². The number of likely N-dealkylation sites (N-methyl/N-ethyl adjacent to an activating group) is 1. The largest absolute Gasteiger partial charge is 0.389 e. The fourth-order valence-corrected chi connectivity index (χ4v) is 1.88. The summed E-state index contributed by atoms with van der Waals surface area (Å²) in [6, 6.07) is 0. The normalized spacial score (nSPS) is 12.0. The van der Waals surface area contributed by atoms with Crippen molar-refractivity contribution in [3.8, 4) is 0 Å². The number of aromatic amines is 1. The van der Waals surface area contributed by atoms with Crippen molar-refractivity contribution >= 4 is 22.8 Å². The molecule has 0 aliphatic rings. The van der Waals surface area contributed by atoms with Crippen LogP contribution in [0.1, 0.15) is 20.8 Å². The number of nitrogens with zero attached hydrogens (tertiary/aromatic N) is 4. The highest BCUT2D eigenvalue weighted by Gasteiger charge is 2.21. The highest BCUT2D eigenvalue weighted by Crippen LogP contribution is 2.24. The van der Waals surface area contributed by atoms with Crippen LogP contribution in [0.3, 0.4) is 0 Å². The number of nitrogen functional groups attached to an aromatic ring is 1. The van der Waals surface area contributed by atoms with Crippen molar-refractivity contribution in [1.29, 1.82) is 0 Å². The van der Waals surface area contributed by atoms with Gasteiger partial charge in [-0.15, -0.1) is 0 Å². The molecule has 0 spiro atoms. The SMILES string of the molecule is CCN(CC(C)(C)O)c1nc(N)nc2[nH]ncc12. The van der Waals surface area contributed by atoms with Crippen molar-refractivity contribution in [3.63, 3.8) is 0 Å². The van der Waals surface area contributed by atoms with Gasteiger partial charge in [-0.25, -0.2) is 0 Å². The van der Waals surface area contributed by atoms with E-state index in [4.69, 9.17) is 5.73 Å². The third kappa shape index (κ3) is 2.51. The van der Waals surface area contributed by atoms with E-state index in [1.165, 1.54) is 0 Å². The number of nitrogens with two attached hydrogens (primary N) is 1. The fraction of sp³-hybridized carbons (Fsp3) is 0.545. The van der Waals surface area contributed by atoms with Gasteiger partial charge in [-0.1, -0.05) is 0 Å². The first-order valence-corrected chi connectivity index (χ1v) is 5.84. The topological polar surface area (TPSA) is 104 Å². The zero-order chi connectivity index (χ0) is 13.3. The van der Waals surface area contributed by atoms with Gasteiger partial charge < -0.3 is 15.7 Å². The molecule has 7 heteroatoms. The van der Waals surface area contributed by atoms with Crippen LogP contribution in [0.5, 0.6) is 0 Å². The number of aromatic nitrogens is 4. The van der Waals surface area contributed by atoms with Crippen molar-refractivity contribution in [2.45, 2.75) is 26.4 Å². The second-order valence-corrected chi connectivity index (χ2v) is 4.86. The van der Waals surface area contributed by atoms with Crippen LogP contribution in [0.4, 0.5) is 11.8 Å². The Morgan fingerprint density at radius 1 is 1.44 bits per heavy atom. The van der Waals surface area contributed by atoms with Crippen LogP contribution in [0, 0.1) is 0 Å². The minimum atomic E-state index is -0.814. The lowest BCUT2D eigenvalue weighted by atomic mass is 10.1. The smallest absolute Gasteiger partial charge is 0.224 e. The standard InChI is InChI=1S/C11H18N6O/c1-4-17(6-11(2,3)18)9-7-5-13-16-8(7)14-10(12)15-9/h5,18H,4,6H2,1-3H3,(H3,12,13,14,15,16). The first-order chi connectivity index (χ1) is 8.40. The predicted octanol–water partition coefficient (Wildman–Crippen LogP) is 0.532. The molecular weight excluding hydrogens is 232 g/mol. The molecule has 0 aromatic carbocycles. The Morgan fingerprint density at radius 2 is 2.17 bits per heavy atom. The molecule has 0 amide bonds. The molecule has 4 N–H and O–H groups in total. The number of fused-ring (bicyclic) bond motifs is 1. The summed E-state index contributed by atoms with van der Waals surface area (Å²) >= 11 is 0. The molecule has 0 aliphatic heterocycles. The van der Waals surface area contributed by atoms with E-state index < -0.39 is 5.60 Å². The Morgan fingerprint density at radius 3 is 2.78 bits per heavy atom. The molecule has 2 heterocycles. The molecule has 0 saturated carbocycles. The van der Waals surface area contributed by atoms with Gasteiger partial charge in [-0.3, -0.25) is 5.10 Å². The number of H-pyrrole nitrogens is 1. The summed E-state index contributed by atoms with van der Waals surface area (Å²) in [5.74, 6) is 0.881. The molecule has 0 radical (unpaired) electrons. The van der Waals surface area contributed by atoms with Gasteiger partial charge in [-0.2, -0.15) is 15.1 Å². The predicted molar refractivity (Wildman–Crippen MR) is 70.3 cm³/mol. The molecule has 7 nitrogen and oxygen atoms in total. The summed E-state index contributed by atoms with van der Waals surface area (Å²) in [5, 5.41) is 17.5. The van der Waals surface area contributed by atoms with Crippen molar-refractivity contribution in [3.05, 3.63) is 6.20 Å². The second-order valence-electron chi connectivity index (χ2n) is 4.86.